The molecule has 20 heavy (non-hydrogen) atoms. The largest absolute Gasteiger partial charge is 0.444 e. The van der Waals surface area contributed by atoms with E-state index in [-0.39, 0.29) is 0 Å². The van der Waals surface area contributed by atoms with Gasteiger partial charge in [-0.1, -0.05) is 6.07 Å². The maximum atomic E-state index is 11.7. The minimum absolute atomic E-state index is 0.456. The van der Waals surface area contributed by atoms with Gasteiger partial charge in [0.25, 0.3) is 0 Å². The molecule has 1 saturated carbocycles. The Morgan fingerprint density at radius 3 is 2.75 bits per heavy atom. The lowest BCUT2D eigenvalue weighted by molar-refractivity contribution is 0.0635. The smallest absolute Gasteiger partial charge is 0.413 e. The second-order valence-electron chi connectivity index (χ2n) is 6.57. The summed E-state index contributed by atoms with van der Waals surface area (Å²) in [4.78, 5) is 18.7. The van der Waals surface area contributed by atoms with E-state index in [9.17, 15) is 4.79 Å². The Bertz CT molecular complexity index is 532. The fourth-order valence-electron chi connectivity index (χ4n) is 2.45. The number of ether oxygens (including phenoxy) is 1. The Morgan fingerprint density at radius 1 is 1.35 bits per heavy atom. The lowest BCUT2D eigenvalue weighted by atomic mass is 10.2. The van der Waals surface area contributed by atoms with Crippen molar-refractivity contribution in [3.63, 3.8) is 0 Å². The number of nitrogens with one attached hydrogen (secondary N) is 1. The zero-order valence-corrected chi connectivity index (χ0v) is 12.3. The molecule has 1 fully saturated rings. The Morgan fingerprint density at radius 2 is 2.10 bits per heavy atom. The molecule has 1 aliphatic carbocycles. The van der Waals surface area contributed by atoms with Crippen LogP contribution in [0, 0.1) is 0 Å². The molecular weight excluding hydrogens is 254 g/mol. The molecule has 0 bridgehead atoms. The molecule has 1 amide bonds. The highest BCUT2D eigenvalue weighted by atomic mass is 16.6. The number of hydrogen-bond acceptors (Lipinski definition) is 4. The van der Waals surface area contributed by atoms with Gasteiger partial charge in [-0.05, 0) is 45.2 Å². The van der Waals surface area contributed by atoms with Crippen molar-refractivity contribution in [1.29, 1.82) is 0 Å². The van der Waals surface area contributed by atoms with Crippen molar-refractivity contribution < 1.29 is 9.53 Å². The summed E-state index contributed by atoms with van der Waals surface area (Å²) in [5.74, 6) is 0.565. The van der Waals surface area contributed by atoms with Crippen LogP contribution in [0.2, 0.25) is 0 Å². The molecule has 108 valence electrons. The van der Waals surface area contributed by atoms with Crippen LogP contribution >= 0.6 is 0 Å². The quantitative estimate of drug-likeness (QED) is 0.901. The Hall–Kier alpha value is -1.62. The molecule has 3 rings (SSSR count). The standard InChI is InChI=1S/C15H21N3O2/c1-15(2,3)20-14(19)17-13-7-4-10-8-18(11-5-6-11)9-12(10)16-13/h4,7,11H,5-6,8-9H2,1-3H3,(H,16,17,19). The minimum Gasteiger partial charge on any atom is -0.444 e. The van der Waals surface area contributed by atoms with E-state index in [1.807, 2.05) is 26.8 Å². The molecule has 1 aromatic rings. The van der Waals surface area contributed by atoms with Crippen LogP contribution in [-0.4, -0.2) is 27.6 Å². The maximum absolute atomic E-state index is 11.7. The van der Waals surface area contributed by atoms with Crippen LogP contribution in [0.15, 0.2) is 12.1 Å². The summed E-state index contributed by atoms with van der Waals surface area (Å²) >= 11 is 0. The van der Waals surface area contributed by atoms with Crippen molar-refractivity contribution in [2.45, 2.75) is 58.3 Å². The SMILES string of the molecule is CC(C)(C)OC(=O)Nc1ccc2c(n1)CN(C1CC1)C2. The molecule has 0 spiro atoms. The van der Waals surface area contributed by atoms with Crippen molar-refractivity contribution in [1.82, 2.24) is 9.88 Å². The van der Waals surface area contributed by atoms with E-state index >= 15 is 0 Å². The van der Waals surface area contributed by atoms with Crippen LogP contribution in [0.3, 0.4) is 0 Å². The summed E-state index contributed by atoms with van der Waals surface area (Å²) in [5, 5.41) is 2.70. The Kier molecular flexibility index (Phi) is 3.17. The van der Waals surface area contributed by atoms with Crippen LogP contribution in [0.1, 0.15) is 44.9 Å². The molecule has 5 heteroatoms. The van der Waals surface area contributed by atoms with E-state index in [2.05, 4.69) is 21.3 Å². The minimum atomic E-state index is -0.496. The summed E-state index contributed by atoms with van der Waals surface area (Å²) in [7, 11) is 0. The molecule has 0 aromatic carbocycles. The molecule has 1 N–H and O–H groups in total. The number of hydrogen-bond donors (Lipinski definition) is 1. The maximum Gasteiger partial charge on any atom is 0.413 e. The average molecular weight is 275 g/mol. The molecule has 0 unspecified atom stereocenters. The number of rotatable bonds is 2. The first-order valence-electron chi connectivity index (χ1n) is 7.13. The first-order valence-corrected chi connectivity index (χ1v) is 7.13. The third-order valence-electron chi connectivity index (χ3n) is 3.49. The third-order valence-corrected chi connectivity index (χ3v) is 3.49. The van der Waals surface area contributed by atoms with Crippen LogP contribution in [0.25, 0.3) is 0 Å². The molecule has 5 nitrogen and oxygen atoms in total. The van der Waals surface area contributed by atoms with Gasteiger partial charge in [0.05, 0.1) is 5.69 Å². The lowest BCUT2D eigenvalue weighted by Crippen LogP contribution is -2.27. The molecule has 0 radical (unpaired) electrons. The summed E-state index contributed by atoms with van der Waals surface area (Å²) in [6, 6.07) is 4.64. The van der Waals surface area contributed by atoms with E-state index in [1.165, 1.54) is 18.4 Å². The molecule has 1 aromatic heterocycles. The molecular formula is C15H21N3O2. The predicted molar refractivity (Wildman–Crippen MR) is 76.4 cm³/mol. The van der Waals surface area contributed by atoms with E-state index in [0.29, 0.717) is 5.82 Å². The van der Waals surface area contributed by atoms with Gasteiger partial charge in [-0.3, -0.25) is 10.2 Å². The Labute approximate surface area is 119 Å². The number of amides is 1. The number of fused-ring (bicyclic) bond motifs is 1. The van der Waals surface area contributed by atoms with Crippen molar-refractivity contribution in [3.05, 3.63) is 23.4 Å². The molecule has 0 saturated heterocycles. The van der Waals surface area contributed by atoms with Crippen molar-refractivity contribution in [3.8, 4) is 0 Å². The van der Waals surface area contributed by atoms with Gasteiger partial charge in [0, 0.05) is 19.1 Å². The van der Waals surface area contributed by atoms with Gasteiger partial charge in [-0.2, -0.15) is 0 Å². The van der Waals surface area contributed by atoms with Crippen LogP contribution in [-0.2, 0) is 17.8 Å². The predicted octanol–water partition coefficient (Wildman–Crippen LogP) is 2.91. The average Bonchev–Trinajstić information content (AvgIpc) is 3.07. The highest BCUT2D eigenvalue weighted by Crippen LogP contribution is 2.34. The van der Waals surface area contributed by atoms with Gasteiger partial charge in [0.15, 0.2) is 0 Å². The fourth-order valence-corrected chi connectivity index (χ4v) is 2.45. The van der Waals surface area contributed by atoms with Gasteiger partial charge >= 0.3 is 6.09 Å². The van der Waals surface area contributed by atoms with Crippen LogP contribution in [0.4, 0.5) is 10.6 Å². The van der Waals surface area contributed by atoms with Gasteiger partial charge in [0.2, 0.25) is 0 Å². The first-order chi connectivity index (χ1) is 9.40. The zero-order chi connectivity index (χ0) is 14.3. The summed E-state index contributed by atoms with van der Waals surface area (Å²) in [5.41, 5.74) is 1.85. The van der Waals surface area contributed by atoms with Gasteiger partial charge < -0.3 is 4.74 Å². The second-order valence-corrected chi connectivity index (χ2v) is 6.57. The zero-order valence-electron chi connectivity index (χ0n) is 12.3. The number of nitrogens with zero attached hydrogens (tertiary/aromatic N) is 2. The van der Waals surface area contributed by atoms with E-state index in [0.717, 1.165) is 24.8 Å². The van der Waals surface area contributed by atoms with Gasteiger partial charge in [-0.25, -0.2) is 9.78 Å². The fraction of sp³-hybridized carbons (Fsp3) is 0.600. The summed E-state index contributed by atoms with van der Waals surface area (Å²) in [6.07, 6.45) is 2.15. The monoisotopic (exact) mass is 275 g/mol. The third kappa shape index (κ3) is 3.10. The number of pyridine rings is 1. The second kappa shape index (κ2) is 4.74. The number of anilines is 1. The van der Waals surface area contributed by atoms with Gasteiger partial charge in [-0.15, -0.1) is 0 Å². The molecule has 2 aliphatic rings. The molecule has 0 atom stereocenters. The number of carbonyl (C=O) groups is 1. The topological polar surface area (TPSA) is 54.5 Å². The van der Waals surface area contributed by atoms with Crippen molar-refractivity contribution in [2.24, 2.45) is 0 Å². The first kappa shape index (κ1) is 13.4. The summed E-state index contributed by atoms with van der Waals surface area (Å²) in [6.45, 7) is 7.41. The number of carbonyl (C=O) groups excluding carboxylic acids is 1. The van der Waals surface area contributed by atoms with Crippen LogP contribution < -0.4 is 5.32 Å². The lowest BCUT2D eigenvalue weighted by Gasteiger charge is -2.19. The Balaban J connectivity index is 1.65. The van der Waals surface area contributed by atoms with Crippen molar-refractivity contribution >= 4 is 11.9 Å². The van der Waals surface area contributed by atoms with Crippen LogP contribution in [0.5, 0.6) is 0 Å². The van der Waals surface area contributed by atoms with Crippen molar-refractivity contribution in [2.75, 3.05) is 5.32 Å². The summed E-state index contributed by atoms with van der Waals surface area (Å²) < 4.78 is 5.23. The highest BCUT2D eigenvalue weighted by molar-refractivity contribution is 5.83. The van der Waals surface area contributed by atoms with Gasteiger partial charge in [0.1, 0.15) is 11.4 Å². The van der Waals surface area contributed by atoms with E-state index in [4.69, 9.17) is 4.74 Å². The molecule has 2 heterocycles. The molecule has 1 aliphatic heterocycles. The normalized spacial score (nSPS) is 18.8. The van der Waals surface area contributed by atoms with E-state index < -0.39 is 11.7 Å². The van der Waals surface area contributed by atoms with E-state index in [1.54, 1.807) is 0 Å². The number of aromatic nitrogens is 1. The highest BCUT2D eigenvalue weighted by Gasteiger charge is 2.33.